The van der Waals surface area contributed by atoms with E-state index in [1.54, 1.807) is 0 Å². The molecule has 1 rings (SSSR count). The summed E-state index contributed by atoms with van der Waals surface area (Å²) in [5.41, 5.74) is 0.817. The van der Waals surface area contributed by atoms with Gasteiger partial charge in [-0.2, -0.15) is 0 Å². The molecule has 0 aliphatic heterocycles. The summed E-state index contributed by atoms with van der Waals surface area (Å²) in [6.45, 7) is 2.30. The van der Waals surface area contributed by atoms with Crippen molar-refractivity contribution < 1.29 is 9.53 Å². The summed E-state index contributed by atoms with van der Waals surface area (Å²) in [6, 6.07) is 0. The predicted octanol–water partition coefficient (Wildman–Crippen LogP) is 4.26. The second-order valence-corrected chi connectivity index (χ2v) is 5.16. The highest BCUT2D eigenvalue weighted by atomic mass is 32.1. The van der Waals surface area contributed by atoms with Crippen LogP contribution in [0.1, 0.15) is 64.7 Å². The summed E-state index contributed by atoms with van der Waals surface area (Å²) >= 11 is 4.50. The molecule has 0 aromatic rings. The smallest absolute Gasteiger partial charge is 0.334 e. The van der Waals surface area contributed by atoms with Crippen LogP contribution in [-0.4, -0.2) is 12.6 Å². The topological polar surface area (TPSA) is 26.3 Å². The molecule has 1 aliphatic rings. The molecule has 17 heavy (non-hydrogen) atoms. The van der Waals surface area contributed by atoms with Crippen molar-refractivity contribution in [3.63, 3.8) is 0 Å². The Bertz CT molecular complexity index is 271. The van der Waals surface area contributed by atoms with Crippen molar-refractivity contribution in [2.75, 3.05) is 6.61 Å². The van der Waals surface area contributed by atoms with E-state index in [2.05, 4.69) is 12.6 Å². The van der Waals surface area contributed by atoms with E-state index in [1.807, 2.05) is 6.92 Å². The third kappa shape index (κ3) is 5.62. The zero-order chi connectivity index (χ0) is 12.5. The number of hydrogen-bond acceptors (Lipinski definition) is 3. The maximum absolute atomic E-state index is 11.8. The van der Waals surface area contributed by atoms with Crippen LogP contribution in [0.15, 0.2) is 10.5 Å². The number of thiol groups is 1. The fourth-order valence-corrected chi connectivity index (χ4v) is 2.57. The Morgan fingerprint density at radius 1 is 1.06 bits per heavy atom. The third-order valence-corrected chi connectivity index (χ3v) is 3.70. The van der Waals surface area contributed by atoms with Gasteiger partial charge in [-0.05, 0) is 37.5 Å². The molecule has 2 nitrogen and oxygen atoms in total. The molecule has 0 bridgehead atoms. The number of ether oxygens (including phenoxy) is 1. The molecule has 3 heteroatoms. The van der Waals surface area contributed by atoms with Gasteiger partial charge in [-0.25, -0.2) is 4.79 Å². The van der Waals surface area contributed by atoms with Gasteiger partial charge in [0, 0.05) is 5.57 Å². The number of rotatable bonds is 2. The third-order valence-electron chi connectivity index (χ3n) is 3.21. The summed E-state index contributed by atoms with van der Waals surface area (Å²) in [7, 11) is 0. The summed E-state index contributed by atoms with van der Waals surface area (Å²) in [5, 5.41) is 0. The minimum absolute atomic E-state index is 0.156. The standard InChI is InChI=1S/C14H24O2S/c1-2-16-14(15)12-10-8-6-4-3-5-7-9-11-13(12)17/h17H,2-11H2,1H3. The summed E-state index contributed by atoms with van der Waals surface area (Å²) in [4.78, 5) is 12.8. The summed E-state index contributed by atoms with van der Waals surface area (Å²) in [6.07, 6.45) is 10.4. The van der Waals surface area contributed by atoms with Crippen molar-refractivity contribution in [2.24, 2.45) is 0 Å². The molecular formula is C14H24O2S. The van der Waals surface area contributed by atoms with Gasteiger partial charge in [-0.15, -0.1) is 12.6 Å². The van der Waals surface area contributed by atoms with Crippen molar-refractivity contribution in [1.29, 1.82) is 0 Å². The van der Waals surface area contributed by atoms with Gasteiger partial charge in [0.2, 0.25) is 0 Å². The highest BCUT2D eigenvalue weighted by molar-refractivity contribution is 7.84. The van der Waals surface area contributed by atoms with Crippen molar-refractivity contribution >= 4 is 18.6 Å². The second-order valence-electron chi connectivity index (χ2n) is 4.62. The number of esters is 1. The quantitative estimate of drug-likeness (QED) is 0.590. The lowest BCUT2D eigenvalue weighted by atomic mass is 10.1. The van der Waals surface area contributed by atoms with E-state index in [4.69, 9.17) is 4.74 Å². The van der Waals surface area contributed by atoms with Gasteiger partial charge in [0.25, 0.3) is 0 Å². The average Bonchev–Trinajstić information content (AvgIpc) is 2.35. The van der Waals surface area contributed by atoms with Crippen LogP contribution in [0, 0.1) is 0 Å². The Balaban J connectivity index is 2.65. The molecule has 0 unspecified atom stereocenters. The van der Waals surface area contributed by atoms with Crippen LogP contribution >= 0.6 is 12.6 Å². The van der Waals surface area contributed by atoms with Gasteiger partial charge in [-0.3, -0.25) is 0 Å². The predicted molar refractivity (Wildman–Crippen MR) is 74.2 cm³/mol. The van der Waals surface area contributed by atoms with E-state index in [1.165, 1.54) is 32.1 Å². The van der Waals surface area contributed by atoms with Gasteiger partial charge in [0.15, 0.2) is 0 Å². The van der Waals surface area contributed by atoms with Gasteiger partial charge < -0.3 is 4.74 Å². The minimum atomic E-state index is -0.156. The van der Waals surface area contributed by atoms with Gasteiger partial charge in [0.1, 0.15) is 0 Å². The summed E-state index contributed by atoms with van der Waals surface area (Å²) < 4.78 is 5.11. The first-order valence-corrected chi connectivity index (χ1v) is 7.28. The Labute approximate surface area is 110 Å². The van der Waals surface area contributed by atoms with Crippen LogP contribution in [0.4, 0.5) is 0 Å². The van der Waals surface area contributed by atoms with Crippen molar-refractivity contribution in [2.45, 2.75) is 64.7 Å². The highest BCUT2D eigenvalue weighted by Crippen LogP contribution is 2.25. The van der Waals surface area contributed by atoms with Crippen LogP contribution in [0.3, 0.4) is 0 Å². The zero-order valence-electron chi connectivity index (χ0n) is 10.8. The van der Waals surface area contributed by atoms with Crippen molar-refractivity contribution in [3.8, 4) is 0 Å². The lowest BCUT2D eigenvalue weighted by Gasteiger charge is -2.10. The lowest BCUT2D eigenvalue weighted by Crippen LogP contribution is -2.09. The van der Waals surface area contributed by atoms with Gasteiger partial charge in [0.05, 0.1) is 6.61 Å². The fourth-order valence-electron chi connectivity index (χ4n) is 2.21. The van der Waals surface area contributed by atoms with E-state index >= 15 is 0 Å². The molecular weight excluding hydrogens is 232 g/mol. The van der Waals surface area contributed by atoms with E-state index in [9.17, 15) is 4.79 Å². The Morgan fingerprint density at radius 2 is 1.59 bits per heavy atom. The largest absolute Gasteiger partial charge is 0.463 e. The normalized spacial score (nSPS) is 19.6. The maximum Gasteiger partial charge on any atom is 0.334 e. The molecule has 0 amide bonds. The van der Waals surface area contributed by atoms with E-state index in [0.29, 0.717) is 6.61 Å². The number of allylic oxidation sites excluding steroid dienone is 1. The molecule has 0 fully saturated rings. The Kier molecular flexibility index (Phi) is 7.41. The first-order chi connectivity index (χ1) is 8.25. The highest BCUT2D eigenvalue weighted by Gasteiger charge is 2.14. The molecule has 0 spiro atoms. The molecule has 0 saturated heterocycles. The molecule has 0 N–H and O–H groups in total. The number of carbonyl (C=O) groups excluding carboxylic acids is 1. The van der Waals surface area contributed by atoms with Crippen LogP contribution in [0.5, 0.6) is 0 Å². The molecule has 0 aromatic carbocycles. The van der Waals surface area contributed by atoms with Crippen LogP contribution in [-0.2, 0) is 9.53 Å². The molecule has 1 aliphatic carbocycles. The minimum Gasteiger partial charge on any atom is -0.463 e. The van der Waals surface area contributed by atoms with Gasteiger partial charge >= 0.3 is 5.97 Å². The monoisotopic (exact) mass is 256 g/mol. The maximum atomic E-state index is 11.8. The van der Waals surface area contributed by atoms with E-state index < -0.39 is 0 Å². The van der Waals surface area contributed by atoms with E-state index in [0.717, 1.165) is 36.2 Å². The molecule has 0 aromatic heterocycles. The van der Waals surface area contributed by atoms with Crippen LogP contribution in [0.2, 0.25) is 0 Å². The van der Waals surface area contributed by atoms with E-state index in [-0.39, 0.29) is 5.97 Å². The molecule has 0 radical (unpaired) electrons. The molecule has 0 atom stereocenters. The van der Waals surface area contributed by atoms with Crippen LogP contribution in [0.25, 0.3) is 0 Å². The van der Waals surface area contributed by atoms with Gasteiger partial charge in [-0.1, -0.05) is 32.1 Å². The van der Waals surface area contributed by atoms with Crippen LogP contribution < -0.4 is 0 Å². The number of carbonyl (C=O) groups is 1. The SMILES string of the molecule is CCOC(=O)C1=C(S)CCCCCCCCC1. The zero-order valence-corrected chi connectivity index (χ0v) is 11.7. The molecule has 0 heterocycles. The second kappa shape index (κ2) is 8.62. The fraction of sp³-hybridized carbons (Fsp3) is 0.786. The average molecular weight is 256 g/mol. The summed E-state index contributed by atoms with van der Waals surface area (Å²) in [5.74, 6) is -0.156. The van der Waals surface area contributed by atoms with Crippen molar-refractivity contribution in [3.05, 3.63) is 10.5 Å². The molecule has 98 valence electrons. The first kappa shape index (κ1) is 14.6. The number of hydrogen-bond donors (Lipinski definition) is 1. The first-order valence-electron chi connectivity index (χ1n) is 6.83. The lowest BCUT2D eigenvalue weighted by molar-refractivity contribution is -0.138. The molecule has 0 saturated carbocycles. The van der Waals surface area contributed by atoms with Crippen molar-refractivity contribution in [1.82, 2.24) is 0 Å². The Morgan fingerprint density at radius 3 is 2.18 bits per heavy atom. The Hall–Kier alpha value is -0.440.